The number of rotatable bonds is 0. The third kappa shape index (κ3) is 1.25. The molecule has 0 atom stereocenters. The first kappa shape index (κ1) is 8.07. The maximum Gasteiger partial charge on any atom is 0.148 e. The summed E-state index contributed by atoms with van der Waals surface area (Å²) in [6.45, 7) is 0. The van der Waals surface area contributed by atoms with Crippen molar-refractivity contribution in [1.82, 2.24) is 9.97 Å². The number of phenols is 1. The van der Waals surface area contributed by atoms with Gasteiger partial charge in [-0.2, -0.15) is 0 Å². The van der Waals surface area contributed by atoms with Gasteiger partial charge in [0, 0.05) is 0 Å². The first-order valence-electron chi connectivity index (χ1n) is 3.58. The molecule has 0 unspecified atom stereocenters. The SMILES string of the molecule is Nc1c(O)ccc2ncc(Cl)nc12. The van der Waals surface area contributed by atoms with Gasteiger partial charge < -0.3 is 10.8 Å². The van der Waals surface area contributed by atoms with E-state index in [1.54, 1.807) is 6.07 Å². The second-order valence-electron chi connectivity index (χ2n) is 2.56. The zero-order valence-corrected chi connectivity index (χ0v) is 7.28. The Morgan fingerprint density at radius 3 is 2.92 bits per heavy atom. The van der Waals surface area contributed by atoms with Crippen molar-refractivity contribution in [3.05, 3.63) is 23.5 Å². The van der Waals surface area contributed by atoms with E-state index in [4.69, 9.17) is 17.3 Å². The number of aromatic hydroxyl groups is 1. The number of hydrogen-bond donors (Lipinski definition) is 2. The van der Waals surface area contributed by atoms with E-state index in [0.29, 0.717) is 11.0 Å². The van der Waals surface area contributed by atoms with E-state index < -0.39 is 0 Å². The number of nitrogens with two attached hydrogens (primary N) is 1. The van der Waals surface area contributed by atoms with Crippen LogP contribution < -0.4 is 5.73 Å². The number of nitrogens with zero attached hydrogens (tertiary/aromatic N) is 2. The molecule has 3 N–H and O–H groups in total. The van der Waals surface area contributed by atoms with E-state index in [9.17, 15) is 5.11 Å². The van der Waals surface area contributed by atoms with Crippen molar-refractivity contribution >= 4 is 28.3 Å². The summed E-state index contributed by atoms with van der Waals surface area (Å²) in [6.07, 6.45) is 1.43. The summed E-state index contributed by atoms with van der Waals surface area (Å²) >= 11 is 5.63. The molecule has 2 rings (SSSR count). The van der Waals surface area contributed by atoms with Gasteiger partial charge in [0.2, 0.25) is 0 Å². The van der Waals surface area contributed by atoms with Gasteiger partial charge in [0.1, 0.15) is 22.1 Å². The molecule has 0 aliphatic heterocycles. The maximum absolute atomic E-state index is 9.27. The molecule has 5 heteroatoms. The first-order valence-corrected chi connectivity index (χ1v) is 3.96. The van der Waals surface area contributed by atoms with Crippen LogP contribution in [0.4, 0.5) is 5.69 Å². The Hall–Kier alpha value is -1.55. The third-order valence-electron chi connectivity index (χ3n) is 1.70. The minimum Gasteiger partial charge on any atom is -0.506 e. The number of nitrogen functional groups attached to an aromatic ring is 1. The molecule has 0 spiro atoms. The van der Waals surface area contributed by atoms with E-state index in [2.05, 4.69) is 9.97 Å². The van der Waals surface area contributed by atoms with E-state index in [1.165, 1.54) is 12.3 Å². The molecule has 0 amide bonds. The second kappa shape index (κ2) is 2.74. The van der Waals surface area contributed by atoms with Crippen molar-refractivity contribution in [2.45, 2.75) is 0 Å². The Morgan fingerprint density at radius 2 is 2.15 bits per heavy atom. The van der Waals surface area contributed by atoms with Crippen molar-refractivity contribution in [2.75, 3.05) is 5.73 Å². The monoisotopic (exact) mass is 195 g/mol. The van der Waals surface area contributed by atoms with Gasteiger partial charge in [0.05, 0.1) is 11.7 Å². The summed E-state index contributed by atoms with van der Waals surface area (Å²) in [6, 6.07) is 3.10. The molecule has 1 aromatic carbocycles. The molecular formula is C8H6ClN3O. The number of halogens is 1. The predicted molar refractivity (Wildman–Crippen MR) is 50.6 cm³/mol. The van der Waals surface area contributed by atoms with Crippen LogP contribution in [0.5, 0.6) is 5.75 Å². The number of aromatic nitrogens is 2. The minimum absolute atomic E-state index is 0.0101. The standard InChI is InChI=1S/C8H6ClN3O/c9-6-3-11-4-1-2-5(13)7(10)8(4)12-6/h1-3,13H,10H2. The van der Waals surface area contributed by atoms with Crippen LogP contribution in [0, 0.1) is 0 Å². The highest BCUT2D eigenvalue weighted by atomic mass is 35.5. The number of anilines is 1. The van der Waals surface area contributed by atoms with Crippen LogP contribution in [-0.2, 0) is 0 Å². The molecule has 4 nitrogen and oxygen atoms in total. The van der Waals surface area contributed by atoms with E-state index in [0.717, 1.165) is 0 Å². The van der Waals surface area contributed by atoms with Crippen molar-refractivity contribution in [1.29, 1.82) is 0 Å². The molecule has 0 aliphatic rings. The highest BCUT2D eigenvalue weighted by molar-refractivity contribution is 6.29. The molecule has 0 saturated carbocycles. The highest BCUT2D eigenvalue weighted by Crippen LogP contribution is 2.27. The Morgan fingerprint density at radius 1 is 1.38 bits per heavy atom. The highest BCUT2D eigenvalue weighted by Gasteiger charge is 2.05. The zero-order chi connectivity index (χ0) is 9.42. The van der Waals surface area contributed by atoms with Crippen molar-refractivity contribution < 1.29 is 5.11 Å². The average molecular weight is 196 g/mol. The fourth-order valence-electron chi connectivity index (χ4n) is 1.07. The minimum atomic E-state index is -0.0101. The van der Waals surface area contributed by atoms with Crippen LogP contribution in [0.3, 0.4) is 0 Å². The molecule has 0 radical (unpaired) electrons. The predicted octanol–water partition coefficient (Wildman–Crippen LogP) is 1.57. The lowest BCUT2D eigenvalue weighted by atomic mass is 10.2. The fraction of sp³-hybridized carbons (Fsp3) is 0. The molecule has 0 aliphatic carbocycles. The van der Waals surface area contributed by atoms with Gasteiger partial charge in [-0.05, 0) is 12.1 Å². The molecule has 1 aromatic heterocycles. The second-order valence-corrected chi connectivity index (χ2v) is 2.95. The molecule has 0 bridgehead atoms. The topological polar surface area (TPSA) is 72.0 Å². The van der Waals surface area contributed by atoms with Crippen LogP contribution in [0.25, 0.3) is 11.0 Å². The van der Waals surface area contributed by atoms with E-state index >= 15 is 0 Å². The molecule has 66 valence electrons. The summed E-state index contributed by atoms with van der Waals surface area (Å²) in [5, 5.41) is 9.53. The molecule has 13 heavy (non-hydrogen) atoms. The van der Waals surface area contributed by atoms with Crippen LogP contribution in [0.1, 0.15) is 0 Å². The lowest BCUT2D eigenvalue weighted by Crippen LogP contribution is -1.92. The lowest BCUT2D eigenvalue weighted by Gasteiger charge is -2.02. The van der Waals surface area contributed by atoms with Crippen LogP contribution in [0.15, 0.2) is 18.3 Å². The number of fused-ring (bicyclic) bond motifs is 1. The van der Waals surface area contributed by atoms with Crippen LogP contribution in [0.2, 0.25) is 5.15 Å². The maximum atomic E-state index is 9.27. The Bertz CT molecular complexity index is 467. The van der Waals surface area contributed by atoms with Gasteiger partial charge in [-0.1, -0.05) is 11.6 Å². The zero-order valence-electron chi connectivity index (χ0n) is 6.53. The van der Waals surface area contributed by atoms with Crippen molar-refractivity contribution in [3.63, 3.8) is 0 Å². The first-order chi connectivity index (χ1) is 6.18. The molecule has 0 fully saturated rings. The van der Waals surface area contributed by atoms with Gasteiger partial charge in [-0.25, -0.2) is 4.98 Å². The van der Waals surface area contributed by atoms with Crippen LogP contribution in [-0.4, -0.2) is 15.1 Å². The summed E-state index contributed by atoms with van der Waals surface area (Å²) in [5.74, 6) is -0.0101. The average Bonchev–Trinajstić information content (AvgIpc) is 2.12. The van der Waals surface area contributed by atoms with Gasteiger partial charge in [0.15, 0.2) is 0 Å². The van der Waals surface area contributed by atoms with E-state index in [1.807, 2.05) is 0 Å². The Labute approximate surface area is 79.0 Å². The number of phenolic OH excluding ortho intramolecular Hbond substituents is 1. The summed E-state index contributed by atoms with van der Waals surface area (Å²) in [7, 11) is 0. The van der Waals surface area contributed by atoms with Gasteiger partial charge in [0.25, 0.3) is 0 Å². The van der Waals surface area contributed by atoms with E-state index in [-0.39, 0.29) is 16.6 Å². The Balaban J connectivity index is 2.89. The summed E-state index contributed by atoms with van der Waals surface area (Å²) in [5.41, 5.74) is 6.81. The largest absolute Gasteiger partial charge is 0.506 e. The van der Waals surface area contributed by atoms with Gasteiger partial charge in [-0.3, -0.25) is 4.98 Å². The normalized spacial score (nSPS) is 10.5. The number of benzene rings is 1. The third-order valence-corrected chi connectivity index (χ3v) is 1.88. The smallest absolute Gasteiger partial charge is 0.148 e. The summed E-state index contributed by atoms with van der Waals surface area (Å²) < 4.78 is 0. The lowest BCUT2D eigenvalue weighted by molar-refractivity contribution is 0.478. The van der Waals surface area contributed by atoms with Crippen molar-refractivity contribution in [2.24, 2.45) is 0 Å². The van der Waals surface area contributed by atoms with Gasteiger partial charge in [-0.15, -0.1) is 0 Å². The van der Waals surface area contributed by atoms with Gasteiger partial charge >= 0.3 is 0 Å². The number of hydrogen-bond acceptors (Lipinski definition) is 4. The van der Waals surface area contributed by atoms with Crippen molar-refractivity contribution in [3.8, 4) is 5.75 Å². The van der Waals surface area contributed by atoms with Crippen LogP contribution >= 0.6 is 11.6 Å². The summed E-state index contributed by atoms with van der Waals surface area (Å²) in [4.78, 5) is 7.95. The quantitative estimate of drug-likeness (QED) is 0.495. The molecular weight excluding hydrogens is 190 g/mol. The molecule has 0 saturated heterocycles. The molecule has 2 aromatic rings. The fourth-order valence-corrected chi connectivity index (χ4v) is 1.20. The Kier molecular flexibility index (Phi) is 1.70. The molecule has 1 heterocycles.